The summed E-state index contributed by atoms with van der Waals surface area (Å²) in [5.41, 5.74) is 0. The third-order valence-electron chi connectivity index (χ3n) is 1.33. The first kappa shape index (κ1) is 11.7. The number of thiophene rings is 1. The molecule has 0 fully saturated rings. The van der Waals surface area contributed by atoms with Crippen LogP contribution in [0.1, 0.15) is 4.88 Å². The van der Waals surface area contributed by atoms with Crippen molar-refractivity contribution in [1.82, 2.24) is 0 Å². The zero-order valence-corrected chi connectivity index (χ0v) is 10.2. The van der Waals surface area contributed by atoms with Gasteiger partial charge in [0.1, 0.15) is 5.75 Å². The third-order valence-corrected chi connectivity index (χ3v) is 4.65. The monoisotopic (exact) mass is 298 g/mol. The van der Waals surface area contributed by atoms with Crippen molar-refractivity contribution in [1.29, 1.82) is 0 Å². The fraction of sp³-hybridized carbons (Fsp3) is 0.286. The molecule has 78 valence electrons. The Hall–Kier alpha value is -0.400. The van der Waals surface area contributed by atoms with Crippen molar-refractivity contribution >= 4 is 43.1 Å². The molecule has 0 saturated carbocycles. The minimum absolute atomic E-state index is 0.213. The molecule has 0 amide bonds. The number of halogens is 1. The van der Waals surface area contributed by atoms with E-state index in [1.165, 1.54) is 11.3 Å². The predicted molar refractivity (Wildman–Crippen MR) is 57.1 cm³/mol. The molecule has 1 aromatic heterocycles. The quantitative estimate of drug-likeness (QED) is 0.915. The maximum Gasteiger partial charge on any atom is 0.318 e. The van der Waals surface area contributed by atoms with Crippen LogP contribution < -0.4 is 0 Å². The van der Waals surface area contributed by atoms with Crippen LogP contribution in [0, 0.1) is 0 Å². The molecule has 0 saturated heterocycles. The number of hydrogen-bond donors (Lipinski definition) is 1. The maximum atomic E-state index is 11.2. The van der Waals surface area contributed by atoms with E-state index in [1.54, 1.807) is 11.4 Å². The molecule has 1 N–H and O–H groups in total. The molecule has 1 heterocycles. The van der Waals surface area contributed by atoms with Gasteiger partial charge in [0, 0.05) is 14.7 Å². The van der Waals surface area contributed by atoms with Crippen LogP contribution in [0.25, 0.3) is 0 Å². The maximum absolute atomic E-state index is 11.2. The number of rotatable bonds is 4. The highest BCUT2D eigenvalue weighted by Gasteiger charge is 2.17. The van der Waals surface area contributed by atoms with E-state index in [4.69, 9.17) is 5.11 Å². The molecule has 0 bridgehead atoms. The topological polar surface area (TPSA) is 71.4 Å². The molecule has 0 atom stereocenters. The number of carbonyl (C=O) groups is 1. The van der Waals surface area contributed by atoms with Crippen LogP contribution in [0.5, 0.6) is 0 Å². The number of carboxylic acids is 1. The molecule has 0 unspecified atom stereocenters. The van der Waals surface area contributed by atoms with Crippen molar-refractivity contribution in [2.24, 2.45) is 0 Å². The van der Waals surface area contributed by atoms with E-state index in [1.807, 2.05) is 0 Å². The highest BCUT2D eigenvalue weighted by Crippen LogP contribution is 2.21. The van der Waals surface area contributed by atoms with Crippen LogP contribution in [0.2, 0.25) is 0 Å². The molecule has 14 heavy (non-hydrogen) atoms. The van der Waals surface area contributed by atoms with Crippen molar-refractivity contribution in [3.63, 3.8) is 0 Å². The zero-order chi connectivity index (χ0) is 10.8. The molecule has 0 aliphatic rings. The van der Waals surface area contributed by atoms with Gasteiger partial charge in [0.25, 0.3) is 0 Å². The van der Waals surface area contributed by atoms with Crippen LogP contribution in [0.3, 0.4) is 0 Å². The Kier molecular flexibility index (Phi) is 3.68. The summed E-state index contributed by atoms with van der Waals surface area (Å²) in [5, 5.41) is 10.1. The number of hydrogen-bond acceptors (Lipinski definition) is 4. The van der Waals surface area contributed by atoms with Crippen molar-refractivity contribution in [2.75, 3.05) is 5.75 Å². The summed E-state index contributed by atoms with van der Waals surface area (Å²) in [6.45, 7) is 0. The van der Waals surface area contributed by atoms with Gasteiger partial charge in [-0.25, -0.2) is 8.42 Å². The van der Waals surface area contributed by atoms with Gasteiger partial charge in [-0.2, -0.15) is 0 Å². The van der Waals surface area contributed by atoms with Crippen LogP contribution in [0.15, 0.2) is 15.9 Å². The molecule has 0 radical (unpaired) electrons. The second-order valence-electron chi connectivity index (χ2n) is 2.66. The summed E-state index contributed by atoms with van der Waals surface area (Å²) >= 11 is 4.47. The summed E-state index contributed by atoms with van der Waals surface area (Å²) in [5.74, 6) is -2.35. The fourth-order valence-corrected chi connectivity index (χ4v) is 3.93. The normalized spacial score (nSPS) is 11.5. The van der Waals surface area contributed by atoms with Crippen LogP contribution in [-0.4, -0.2) is 25.2 Å². The molecule has 7 heteroatoms. The fourth-order valence-electron chi connectivity index (χ4n) is 0.885. The van der Waals surface area contributed by atoms with Crippen molar-refractivity contribution in [3.8, 4) is 0 Å². The van der Waals surface area contributed by atoms with Gasteiger partial charge in [-0.1, -0.05) is 0 Å². The van der Waals surface area contributed by atoms with Gasteiger partial charge < -0.3 is 5.11 Å². The molecule has 0 spiro atoms. The second-order valence-corrected chi connectivity index (χ2v) is 6.63. The van der Waals surface area contributed by atoms with Gasteiger partial charge in [-0.05, 0) is 22.0 Å². The lowest BCUT2D eigenvalue weighted by molar-refractivity contribution is -0.134. The minimum Gasteiger partial charge on any atom is -0.480 e. The van der Waals surface area contributed by atoms with Crippen molar-refractivity contribution in [3.05, 3.63) is 20.8 Å². The molecule has 0 aliphatic heterocycles. The van der Waals surface area contributed by atoms with Gasteiger partial charge in [0.05, 0.1) is 5.75 Å². The second kappa shape index (κ2) is 4.41. The SMILES string of the molecule is O=C(O)CS(=O)(=O)Cc1cc(Br)cs1. The average molecular weight is 299 g/mol. The van der Waals surface area contributed by atoms with E-state index in [2.05, 4.69) is 15.9 Å². The Morgan fingerprint density at radius 3 is 2.64 bits per heavy atom. The standard InChI is InChI=1S/C7H7BrO4S2/c8-5-1-6(13-2-5)3-14(11,12)4-7(9)10/h1-2H,3-4H2,(H,9,10). The zero-order valence-electron chi connectivity index (χ0n) is 6.94. The van der Waals surface area contributed by atoms with Crippen LogP contribution >= 0.6 is 27.3 Å². The molecule has 1 aromatic rings. The smallest absolute Gasteiger partial charge is 0.318 e. The Balaban J connectivity index is 2.73. The lowest BCUT2D eigenvalue weighted by Gasteiger charge is -1.97. The van der Waals surface area contributed by atoms with Gasteiger partial charge in [-0.3, -0.25) is 4.79 Å². The van der Waals surface area contributed by atoms with E-state index >= 15 is 0 Å². The van der Waals surface area contributed by atoms with Gasteiger partial charge in [-0.15, -0.1) is 11.3 Å². The van der Waals surface area contributed by atoms with E-state index in [0.29, 0.717) is 4.88 Å². The Morgan fingerprint density at radius 2 is 2.21 bits per heavy atom. The van der Waals surface area contributed by atoms with E-state index in [-0.39, 0.29) is 5.75 Å². The van der Waals surface area contributed by atoms with Crippen molar-refractivity contribution in [2.45, 2.75) is 5.75 Å². The lowest BCUT2D eigenvalue weighted by Crippen LogP contribution is -2.16. The van der Waals surface area contributed by atoms with Gasteiger partial charge >= 0.3 is 5.97 Å². The molecule has 4 nitrogen and oxygen atoms in total. The van der Waals surface area contributed by atoms with E-state index < -0.39 is 21.6 Å². The summed E-state index contributed by atoms with van der Waals surface area (Å²) in [7, 11) is -3.53. The van der Waals surface area contributed by atoms with Crippen molar-refractivity contribution < 1.29 is 18.3 Å². The Labute approximate surface area is 93.6 Å². The highest BCUT2D eigenvalue weighted by atomic mass is 79.9. The molecule has 0 aromatic carbocycles. The Bertz CT molecular complexity index is 434. The van der Waals surface area contributed by atoms with Crippen LogP contribution in [-0.2, 0) is 20.4 Å². The summed E-state index contributed by atoms with van der Waals surface area (Å²) < 4.78 is 23.3. The summed E-state index contributed by atoms with van der Waals surface area (Å²) in [4.78, 5) is 10.9. The first-order chi connectivity index (χ1) is 6.39. The summed E-state index contributed by atoms with van der Waals surface area (Å²) in [6, 6.07) is 1.67. The number of carboxylic acid groups (broad SMARTS) is 1. The highest BCUT2D eigenvalue weighted by molar-refractivity contribution is 9.10. The average Bonchev–Trinajstić information content (AvgIpc) is 2.30. The van der Waals surface area contributed by atoms with Gasteiger partial charge in [0.15, 0.2) is 9.84 Å². The third kappa shape index (κ3) is 3.77. The first-order valence-corrected chi connectivity index (χ1v) is 7.03. The number of sulfone groups is 1. The molecular formula is C7H7BrO4S2. The molecule has 0 aliphatic carbocycles. The lowest BCUT2D eigenvalue weighted by atomic mass is 10.5. The van der Waals surface area contributed by atoms with Crippen LogP contribution in [0.4, 0.5) is 0 Å². The largest absolute Gasteiger partial charge is 0.480 e. The Morgan fingerprint density at radius 1 is 1.57 bits per heavy atom. The first-order valence-electron chi connectivity index (χ1n) is 3.54. The van der Waals surface area contributed by atoms with E-state index in [0.717, 1.165) is 4.47 Å². The predicted octanol–water partition coefficient (Wildman–Crippen LogP) is 1.51. The summed E-state index contributed by atoms with van der Waals surface area (Å²) in [6.07, 6.45) is 0. The number of aliphatic carboxylic acids is 1. The minimum atomic E-state index is -3.53. The molecular weight excluding hydrogens is 292 g/mol. The van der Waals surface area contributed by atoms with E-state index in [9.17, 15) is 13.2 Å². The van der Waals surface area contributed by atoms with Gasteiger partial charge in [0.2, 0.25) is 0 Å². The molecule has 1 rings (SSSR count).